The largest absolute Gasteiger partial charge is 0.415 e. The molecule has 0 saturated heterocycles. The Bertz CT molecular complexity index is 485. The van der Waals surface area contributed by atoms with Crippen molar-refractivity contribution in [3.05, 3.63) is 16.5 Å². The second-order valence-corrected chi connectivity index (χ2v) is 6.68. The van der Waals surface area contributed by atoms with Crippen molar-refractivity contribution in [3.63, 3.8) is 0 Å². The Hall–Kier alpha value is -0.350. The molecule has 1 heterocycles. The van der Waals surface area contributed by atoms with Crippen molar-refractivity contribution < 1.29 is 26.7 Å². The van der Waals surface area contributed by atoms with E-state index >= 15 is 0 Å². The molecule has 1 rings (SSSR count). The van der Waals surface area contributed by atoms with Crippen molar-refractivity contribution in [1.82, 2.24) is 4.72 Å². The number of halogens is 4. The summed E-state index contributed by atoms with van der Waals surface area (Å²) in [6.07, 6.45) is -7.61. The first kappa shape index (κ1) is 14.7. The predicted molar refractivity (Wildman–Crippen MR) is 56.6 cm³/mol. The minimum Gasteiger partial charge on any atom is -0.382 e. The summed E-state index contributed by atoms with van der Waals surface area (Å²) < 4.78 is 60.3. The molecule has 4 nitrogen and oxygen atoms in total. The van der Waals surface area contributed by atoms with Gasteiger partial charge in [-0.05, 0) is 12.1 Å². The molecule has 0 fully saturated rings. The third-order valence-electron chi connectivity index (χ3n) is 1.66. The third kappa shape index (κ3) is 4.11. The lowest BCUT2D eigenvalue weighted by atomic mass is 10.4. The van der Waals surface area contributed by atoms with Crippen molar-refractivity contribution >= 4 is 33.0 Å². The molecular weight excluding hydrogens is 303 g/mol. The zero-order valence-electron chi connectivity index (χ0n) is 8.03. The number of thiophene rings is 1. The number of nitrogens with one attached hydrogen (secondary N) is 1. The maximum atomic E-state index is 11.9. The van der Waals surface area contributed by atoms with Gasteiger partial charge in [-0.2, -0.15) is 13.2 Å². The zero-order chi connectivity index (χ0) is 13.3. The fourth-order valence-corrected chi connectivity index (χ4v) is 3.38. The molecule has 1 atom stereocenters. The molecular formula is C7H7ClF3NO3S2. The van der Waals surface area contributed by atoms with Crippen LogP contribution in [0, 0.1) is 0 Å². The molecule has 17 heavy (non-hydrogen) atoms. The van der Waals surface area contributed by atoms with Gasteiger partial charge in [0.2, 0.25) is 10.0 Å². The lowest BCUT2D eigenvalue weighted by molar-refractivity contribution is -0.200. The highest BCUT2D eigenvalue weighted by Crippen LogP contribution is 2.25. The highest BCUT2D eigenvalue weighted by molar-refractivity contribution is 7.91. The van der Waals surface area contributed by atoms with E-state index < -0.39 is 28.8 Å². The van der Waals surface area contributed by atoms with Gasteiger partial charge in [0.05, 0.1) is 4.34 Å². The average Bonchev–Trinajstić information content (AvgIpc) is 2.60. The van der Waals surface area contributed by atoms with Gasteiger partial charge >= 0.3 is 6.18 Å². The number of aliphatic hydroxyl groups excluding tert-OH is 1. The summed E-state index contributed by atoms with van der Waals surface area (Å²) in [5, 5.41) is 8.63. The number of alkyl halides is 3. The van der Waals surface area contributed by atoms with Gasteiger partial charge in [0.25, 0.3) is 0 Å². The lowest BCUT2D eigenvalue weighted by Gasteiger charge is -2.14. The minimum atomic E-state index is -4.87. The monoisotopic (exact) mass is 309 g/mol. The molecule has 10 heteroatoms. The fraction of sp³-hybridized carbons (Fsp3) is 0.429. The van der Waals surface area contributed by atoms with Crippen LogP contribution in [-0.2, 0) is 10.0 Å². The molecule has 0 aromatic carbocycles. The van der Waals surface area contributed by atoms with Crippen LogP contribution in [0.1, 0.15) is 0 Å². The van der Waals surface area contributed by atoms with Crippen LogP contribution in [0.3, 0.4) is 0 Å². The first-order valence-corrected chi connectivity index (χ1v) is 6.80. The number of hydrogen-bond donors (Lipinski definition) is 2. The maximum Gasteiger partial charge on any atom is 0.415 e. The summed E-state index contributed by atoms with van der Waals surface area (Å²) in [6.45, 7) is -1.14. The predicted octanol–water partition coefficient (Wildman–Crippen LogP) is 1.60. The van der Waals surface area contributed by atoms with E-state index in [0.717, 1.165) is 6.07 Å². The molecule has 0 bridgehead atoms. The third-order valence-corrected chi connectivity index (χ3v) is 4.80. The summed E-state index contributed by atoms with van der Waals surface area (Å²) in [5.74, 6) is 0. The fourth-order valence-electron chi connectivity index (χ4n) is 0.818. The van der Waals surface area contributed by atoms with Gasteiger partial charge in [0, 0.05) is 6.54 Å². The number of rotatable bonds is 4. The zero-order valence-corrected chi connectivity index (χ0v) is 10.4. The van der Waals surface area contributed by atoms with Crippen molar-refractivity contribution in [2.24, 2.45) is 0 Å². The summed E-state index contributed by atoms with van der Waals surface area (Å²) >= 11 is 6.20. The van der Waals surface area contributed by atoms with Crippen LogP contribution in [-0.4, -0.2) is 32.3 Å². The average molecular weight is 310 g/mol. The topological polar surface area (TPSA) is 66.4 Å². The quantitative estimate of drug-likeness (QED) is 0.888. The number of sulfonamides is 1. The van der Waals surface area contributed by atoms with Gasteiger partial charge in [0.1, 0.15) is 4.21 Å². The molecule has 0 aliphatic carbocycles. The van der Waals surface area contributed by atoms with Gasteiger partial charge in [-0.15, -0.1) is 11.3 Å². The van der Waals surface area contributed by atoms with E-state index in [2.05, 4.69) is 0 Å². The first-order valence-electron chi connectivity index (χ1n) is 4.13. The van der Waals surface area contributed by atoms with Crippen molar-refractivity contribution in [2.45, 2.75) is 16.5 Å². The van der Waals surface area contributed by atoms with Gasteiger partial charge in [0.15, 0.2) is 6.10 Å². The Kier molecular flexibility index (Phi) is 4.42. The molecule has 0 aliphatic heterocycles. The number of hydrogen-bond acceptors (Lipinski definition) is 4. The molecule has 0 saturated carbocycles. The molecule has 0 unspecified atom stereocenters. The van der Waals surface area contributed by atoms with E-state index in [4.69, 9.17) is 16.7 Å². The molecule has 0 amide bonds. The van der Waals surface area contributed by atoms with Crippen LogP contribution < -0.4 is 4.72 Å². The van der Waals surface area contributed by atoms with E-state index in [9.17, 15) is 21.6 Å². The number of aliphatic hydroxyl groups is 1. The van der Waals surface area contributed by atoms with Crippen LogP contribution in [0.4, 0.5) is 13.2 Å². The second-order valence-electron chi connectivity index (χ2n) is 2.97. The Morgan fingerprint density at radius 2 is 2.06 bits per heavy atom. The standard InChI is InChI=1S/C7H7ClF3NO3S2/c8-5-1-2-6(16-5)17(14,15)12-3-4(13)7(9,10)11/h1-2,4,12-13H,3H2/t4-/m0/s1. The van der Waals surface area contributed by atoms with Crippen molar-refractivity contribution in [1.29, 1.82) is 0 Å². The van der Waals surface area contributed by atoms with E-state index in [1.165, 1.54) is 6.07 Å². The molecule has 0 aliphatic rings. The van der Waals surface area contributed by atoms with Gasteiger partial charge in [-0.25, -0.2) is 13.1 Å². The SMILES string of the molecule is O=S(=O)(NC[C@H](O)C(F)(F)F)c1ccc(Cl)s1. The summed E-state index contributed by atoms with van der Waals surface area (Å²) in [4.78, 5) is 0. The van der Waals surface area contributed by atoms with Gasteiger partial charge in [-0.3, -0.25) is 0 Å². The second kappa shape index (κ2) is 5.11. The summed E-state index contributed by atoms with van der Waals surface area (Å²) in [6, 6.07) is 2.47. The highest BCUT2D eigenvalue weighted by Gasteiger charge is 2.38. The molecule has 98 valence electrons. The van der Waals surface area contributed by atoms with E-state index in [-0.39, 0.29) is 8.55 Å². The molecule has 0 spiro atoms. The summed E-state index contributed by atoms with van der Waals surface area (Å²) in [7, 11) is -4.07. The highest BCUT2D eigenvalue weighted by atomic mass is 35.5. The molecule has 1 aromatic rings. The van der Waals surface area contributed by atoms with E-state index in [1.807, 2.05) is 0 Å². The van der Waals surface area contributed by atoms with Gasteiger partial charge < -0.3 is 5.11 Å². The Morgan fingerprint density at radius 1 is 1.47 bits per heavy atom. The van der Waals surface area contributed by atoms with Crippen molar-refractivity contribution in [2.75, 3.05) is 6.54 Å². The van der Waals surface area contributed by atoms with Crippen LogP contribution in [0.25, 0.3) is 0 Å². The molecule has 2 N–H and O–H groups in total. The van der Waals surface area contributed by atoms with E-state index in [1.54, 1.807) is 4.72 Å². The maximum absolute atomic E-state index is 11.9. The molecule has 0 radical (unpaired) electrons. The Morgan fingerprint density at radius 3 is 2.47 bits per heavy atom. The van der Waals surface area contributed by atoms with E-state index in [0.29, 0.717) is 11.3 Å². The Balaban J connectivity index is 2.69. The minimum absolute atomic E-state index is 0.196. The first-order chi connectivity index (χ1) is 7.63. The van der Waals surface area contributed by atoms with Crippen LogP contribution in [0.5, 0.6) is 0 Å². The van der Waals surface area contributed by atoms with Crippen LogP contribution >= 0.6 is 22.9 Å². The van der Waals surface area contributed by atoms with Crippen LogP contribution in [0.15, 0.2) is 16.3 Å². The molecule has 1 aromatic heterocycles. The Labute approximate surface area is 104 Å². The van der Waals surface area contributed by atoms with Crippen LogP contribution in [0.2, 0.25) is 4.34 Å². The van der Waals surface area contributed by atoms with Crippen molar-refractivity contribution in [3.8, 4) is 0 Å². The summed E-state index contributed by atoms with van der Waals surface area (Å²) in [5.41, 5.74) is 0. The smallest absolute Gasteiger partial charge is 0.382 e. The lowest BCUT2D eigenvalue weighted by Crippen LogP contribution is -2.40. The normalized spacial score (nSPS) is 14.9. The van der Waals surface area contributed by atoms with Gasteiger partial charge in [-0.1, -0.05) is 11.6 Å².